The molecule has 0 bridgehead atoms. The van der Waals surface area contributed by atoms with Crippen molar-refractivity contribution in [2.45, 2.75) is 20.0 Å². The maximum Gasteiger partial charge on any atom is 0.191 e. The van der Waals surface area contributed by atoms with Gasteiger partial charge in [-0.15, -0.1) is 24.0 Å². The molecule has 0 aliphatic heterocycles. The van der Waals surface area contributed by atoms with Crippen LogP contribution in [0.15, 0.2) is 35.3 Å². The minimum atomic E-state index is 0. The zero-order chi connectivity index (χ0) is 16.1. The van der Waals surface area contributed by atoms with Crippen LogP contribution < -0.4 is 10.6 Å². The molecule has 0 amide bonds. The van der Waals surface area contributed by atoms with Crippen molar-refractivity contribution < 1.29 is 0 Å². The summed E-state index contributed by atoms with van der Waals surface area (Å²) in [7, 11) is 3.63. The van der Waals surface area contributed by atoms with E-state index in [4.69, 9.17) is 23.2 Å². The lowest BCUT2D eigenvalue weighted by atomic mass is 10.1. The first-order valence-corrected chi connectivity index (χ1v) is 7.77. The van der Waals surface area contributed by atoms with E-state index in [2.05, 4.69) is 34.7 Å². The van der Waals surface area contributed by atoms with E-state index in [0.29, 0.717) is 16.7 Å². The van der Waals surface area contributed by atoms with E-state index >= 15 is 0 Å². The van der Waals surface area contributed by atoms with Gasteiger partial charge in [0.25, 0.3) is 0 Å². The highest BCUT2D eigenvalue weighted by Gasteiger charge is 2.09. The zero-order valence-electron chi connectivity index (χ0n) is 13.4. The summed E-state index contributed by atoms with van der Waals surface area (Å²) in [6, 6.07) is 10.1. The Bertz CT molecular complexity index is 683. The highest BCUT2D eigenvalue weighted by Crippen LogP contribution is 2.24. The van der Waals surface area contributed by atoms with Crippen molar-refractivity contribution in [3.8, 4) is 0 Å². The Labute approximate surface area is 164 Å². The topological polar surface area (TPSA) is 41.4 Å². The highest BCUT2D eigenvalue weighted by atomic mass is 127. The van der Waals surface area contributed by atoms with Gasteiger partial charge in [-0.2, -0.15) is 0 Å². The van der Waals surface area contributed by atoms with Crippen LogP contribution in [0.3, 0.4) is 0 Å². The molecule has 0 fully saturated rings. The van der Waals surface area contributed by atoms with Gasteiger partial charge in [0.05, 0.1) is 11.6 Å². The number of halogens is 3. The molecule has 0 aliphatic carbocycles. The number of guanidine groups is 1. The molecule has 1 aromatic carbocycles. The van der Waals surface area contributed by atoms with E-state index in [1.54, 1.807) is 7.05 Å². The Balaban J connectivity index is 0.00000264. The summed E-state index contributed by atoms with van der Waals surface area (Å²) in [6.07, 6.45) is 0. The summed E-state index contributed by atoms with van der Waals surface area (Å²) < 4.78 is 1.85. The first kappa shape index (κ1) is 20.1. The highest BCUT2D eigenvalue weighted by molar-refractivity contribution is 14.0. The molecule has 1 aromatic heterocycles. The van der Waals surface area contributed by atoms with Gasteiger partial charge in [0, 0.05) is 26.3 Å². The SMILES string of the molecule is CN=C(NCc1ccccc1C)NCc1cc(Cl)c(Cl)n1C.I. The molecule has 4 nitrogen and oxygen atoms in total. The number of aliphatic imine (C=N–C) groups is 1. The predicted molar refractivity (Wildman–Crippen MR) is 109 cm³/mol. The Hall–Kier alpha value is -0.920. The van der Waals surface area contributed by atoms with Crippen LogP contribution in [0.5, 0.6) is 0 Å². The third kappa shape index (κ3) is 5.29. The van der Waals surface area contributed by atoms with Gasteiger partial charge >= 0.3 is 0 Å². The van der Waals surface area contributed by atoms with Gasteiger partial charge in [-0.3, -0.25) is 4.99 Å². The zero-order valence-corrected chi connectivity index (χ0v) is 17.2. The van der Waals surface area contributed by atoms with Gasteiger partial charge in [0.1, 0.15) is 5.15 Å². The van der Waals surface area contributed by atoms with Crippen molar-refractivity contribution >= 4 is 53.1 Å². The Morgan fingerprint density at radius 1 is 1.17 bits per heavy atom. The number of nitrogens with zero attached hydrogens (tertiary/aromatic N) is 2. The number of benzene rings is 1. The summed E-state index contributed by atoms with van der Waals surface area (Å²) in [5.41, 5.74) is 3.50. The first-order chi connectivity index (χ1) is 10.5. The van der Waals surface area contributed by atoms with Gasteiger partial charge in [-0.05, 0) is 24.1 Å². The molecule has 126 valence electrons. The van der Waals surface area contributed by atoms with Crippen LogP contribution in [0.4, 0.5) is 0 Å². The minimum Gasteiger partial charge on any atom is -0.352 e. The maximum atomic E-state index is 6.06. The fourth-order valence-electron chi connectivity index (χ4n) is 2.14. The molecule has 0 atom stereocenters. The van der Waals surface area contributed by atoms with Gasteiger partial charge in [-0.25, -0.2) is 0 Å². The fourth-order valence-corrected chi connectivity index (χ4v) is 2.56. The average Bonchev–Trinajstić information content (AvgIpc) is 2.76. The molecule has 2 rings (SSSR count). The fraction of sp³-hybridized carbons (Fsp3) is 0.312. The number of nitrogens with one attached hydrogen (secondary N) is 2. The van der Waals surface area contributed by atoms with Crippen LogP contribution in [-0.4, -0.2) is 17.6 Å². The number of aromatic nitrogens is 1. The van der Waals surface area contributed by atoms with E-state index in [1.165, 1.54) is 11.1 Å². The second-order valence-electron chi connectivity index (χ2n) is 5.04. The van der Waals surface area contributed by atoms with Crippen LogP contribution in [0.2, 0.25) is 10.2 Å². The lowest BCUT2D eigenvalue weighted by Crippen LogP contribution is -2.36. The van der Waals surface area contributed by atoms with E-state index in [-0.39, 0.29) is 24.0 Å². The molecular weight excluding hydrogens is 446 g/mol. The summed E-state index contributed by atoms with van der Waals surface area (Å²) in [4.78, 5) is 4.23. The van der Waals surface area contributed by atoms with Crippen molar-refractivity contribution in [1.82, 2.24) is 15.2 Å². The lowest BCUT2D eigenvalue weighted by Gasteiger charge is -2.13. The molecular formula is C16H21Cl2IN4. The minimum absolute atomic E-state index is 0. The van der Waals surface area contributed by atoms with Crippen LogP contribution >= 0.6 is 47.2 Å². The Kier molecular flexibility index (Phi) is 8.22. The van der Waals surface area contributed by atoms with Crippen molar-refractivity contribution in [1.29, 1.82) is 0 Å². The van der Waals surface area contributed by atoms with E-state index in [1.807, 2.05) is 29.8 Å². The normalized spacial score (nSPS) is 11.1. The molecule has 1 heterocycles. The summed E-state index contributed by atoms with van der Waals surface area (Å²) in [5, 5.41) is 7.66. The predicted octanol–water partition coefficient (Wildman–Crippen LogP) is 4.12. The van der Waals surface area contributed by atoms with Gasteiger partial charge in [0.2, 0.25) is 0 Å². The molecule has 7 heteroatoms. The average molecular weight is 467 g/mol. The Morgan fingerprint density at radius 3 is 2.39 bits per heavy atom. The summed E-state index contributed by atoms with van der Waals surface area (Å²) >= 11 is 12.1. The number of rotatable bonds is 4. The Morgan fingerprint density at radius 2 is 1.83 bits per heavy atom. The van der Waals surface area contributed by atoms with Crippen molar-refractivity contribution in [2.75, 3.05) is 7.05 Å². The molecule has 0 aliphatic rings. The molecule has 2 N–H and O–H groups in total. The molecule has 0 unspecified atom stereocenters. The quantitative estimate of drug-likeness (QED) is 0.404. The first-order valence-electron chi connectivity index (χ1n) is 7.01. The van der Waals surface area contributed by atoms with Crippen molar-refractivity contribution in [3.05, 3.63) is 57.3 Å². The van der Waals surface area contributed by atoms with Crippen LogP contribution in [0, 0.1) is 6.92 Å². The third-order valence-electron chi connectivity index (χ3n) is 3.58. The van der Waals surface area contributed by atoms with Crippen molar-refractivity contribution in [2.24, 2.45) is 12.0 Å². The van der Waals surface area contributed by atoms with Gasteiger partial charge in [-0.1, -0.05) is 47.5 Å². The number of hydrogen-bond donors (Lipinski definition) is 2. The number of hydrogen-bond acceptors (Lipinski definition) is 1. The van der Waals surface area contributed by atoms with Crippen LogP contribution in [0.25, 0.3) is 0 Å². The second kappa shape index (κ2) is 9.39. The summed E-state index contributed by atoms with van der Waals surface area (Å²) in [5.74, 6) is 0.733. The molecule has 0 spiro atoms. The standard InChI is InChI=1S/C16H20Cl2N4.HI/c1-11-6-4-5-7-12(11)9-20-16(19-2)21-10-13-8-14(17)15(18)22(13)3;/h4-8H,9-10H2,1-3H3,(H2,19,20,21);1H. The van der Waals surface area contributed by atoms with E-state index in [0.717, 1.165) is 18.2 Å². The monoisotopic (exact) mass is 466 g/mol. The second-order valence-corrected chi connectivity index (χ2v) is 5.80. The third-order valence-corrected chi connectivity index (χ3v) is 4.43. The molecule has 23 heavy (non-hydrogen) atoms. The van der Waals surface area contributed by atoms with Gasteiger partial charge < -0.3 is 15.2 Å². The molecule has 0 saturated heterocycles. The van der Waals surface area contributed by atoms with Crippen LogP contribution in [-0.2, 0) is 20.1 Å². The molecule has 2 aromatic rings. The van der Waals surface area contributed by atoms with E-state index in [9.17, 15) is 0 Å². The summed E-state index contributed by atoms with van der Waals surface area (Å²) in [6.45, 7) is 3.42. The van der Waals surface area contributed by atoms with E-state index < -0.39 is 0 Å². The molecule has 0 saturated carbocycles. The molecule has 0 radical (unpaired) electrons. The van der Waals surface area contributed by atoms with Crippen molar-refractivity contribution in [3.63, 3.8) is 0 Å². The van der Waals surface area contributed by atoms with Crippen LogP contribution in [0.1, 0.15) is 16.8 Å². The largest absolute Gasteiger partial charge is 0.352 e. The van der Waals surface area contributed by atoms with Gasteiger partial charge in [0.15, 0.2) is 5.96 Å². The number of aryl methyl sites for hydroxylation is 1. The maximum absolute atomic E-state index is 6.06. The lowest BCUT2D eigenvalue weighted by molar-refractivity contribution is 0.749. The smallest absolute Gasteiger partial charge is 0.191 e.